The van der Waals surface area contributed by atoms with Crippen LogP contribution in [0.2, 0.25) is 0 Å². The Morgan fingerprint density at radius 2 is 1.85 bits per heavy atom. The van der Waals surface area contributed by atoms with E-state index in [0.29, 0.717) is 27.8 Å². The lowest BCUT2D eigenvalue weighted by Gasteiger charge is -2.24. The van der Waals surface area contributed by atoms with E-state index in [-0.39, 0.29) is 6.42 Å². The zero-order valence-electron chi connectivity index (χ0n) is 13.6. The van der Waals surface area contributed by atoms with Crippen molar-refractivity contribution in [3.05, 3.63) is 63.3 Å². The number of rotatable bonds is 4. The number of benzene rings is 1. The fraction of sp³-hybridized carbons (Fsp3) is 0.312. The molecule has 0 amide bonds. The van der Waals surface area contributed by atoms with E-state index < -0.39 is 38.7 Å². The Kier molecular flexibility index (Phi) is 5.82. The van der Waals surface area contributed by atoms with Crippen molar-refractivity contribution in [3.8, 4) is 0 Å². The van der Waals surface area contributed by atoms with Crippen LogP contribution in [0.5, 0.6) is 0 Å². The van der Waals surface area contributed by atoms with E-state index in [9.17, 15) is 27.2 Å². The van der Waals surface area contributed by atoms with Gasteiger partial charge in [-0.2, -0.15) is 22.4 Å². The Balaban J connectivity index is 2.38. The lowest BCUT2D eigenvalue weighted by atomic mass is 9.97. The lowest BCUT2D eigenvalue weighted by Crippen LogP contribution is -2.32. The molecule has 10 heteroatoms. The van der Waals surface area contributed by atoms with E-state index in [1.165, 1.54) is 12.1 Å². The quantitative estimate of drug-likeness (QED) is 0.560. The zero-order chi connectivity index (χ0) is 19.7. The molecule has 0 bridgehead atoms. The summed E-state index contributed by atoms with van der Waals surface area (Å²) in [6.07, 6.45) is -4.13. The maximum absolute atomic E-state index is 13.1. The molecule has 0 saturated carbocycles. The van der Waals surface area contributed by atoms with E-state index in [1.54, 1.807) is 6.92 Å². The Morgan fingerprint density at radius 3 is 2.35 bits per heavy atom. The van der Waals surface area contributed by atoms with Crippen LogP contribution < -0.4 is 5.56 Å². The molecule has 0 aliphatic carbocycles. The average Bonchev–Trinajstić information content (AvgIpc) is 2.57. The van der Waals surface area contributed by atoms with E-state index >= 15 is 0 Å². The van der Waals surface area contributed by atoms with E-state index in [2.05, 4.69) is 5.10 Å². The highest BCUT2D eigenvalue weighted by atomic mass is 35.5. The maximum atomic E-state index is 13.1. The third-order valence-corrected chi connectivity index (χ3v) is 5.49. The number of carbonyl (C=O) groups excluding carboxylic acids is 1. The van der Waals surface area contributed by atoms with Gasteiger partial charge in [0, 0.05) is 5.56 Å². The normalized spacial score (nSPS) is 14.1. The Morgan fingerprint density at radius 1 is 1.27 bits per heavy atom. The van der Waals surface area contributed by atoms with Gasteiger partial charge in [0.05, 0.1) is 23.7 Å². The molecular formula is C16H13ClF4N2O2S. The summed E-state index contributed by atoms with van der Waals surface area (Å²) in [5.74, 6) is -0.514. The molecule has 4 nitrogen and oxygen atoms in total. The first-order valence-electron chi connectivity index (χ1n) is 7.34. The first-order chi connectivity index (χ1) is 12.0. The van der Waals surface area contributed by atoms with Gasteiger partial charge in [0.1, 0.15) is 10.7 Å². The van der Waals surface area contributed by atoms with Crippen molar-refractivity contribution in [2.45, 2.75) is 31.3 Å². The van der Waals surface area contributed by atoms with Crippen LogP contribution in [0.3, 0.4) is 0 Å². The molecule has 0 aliphatic heterocycles. The van der Waals surface area contributed by atoms with E-state index in [0.717, 1.165) is 19.1 Å². The van der Waals surface area contributed by atoms with Crippen molar-refractivity contribution in [3.63, 3.8) is 0 Å². The third kappa shape index (κ3) is 3.93. The lowest BCUT2D eigenvalue weighted by molar-refractivity contribution is -0.138. The van der Waals surface area contributed by atoms with Crippen LogP contribution in [-0.2, 0) is 15.8 Å². The van der Waals surface area contributed by atoms with Crippen molar-refractivity contribution < 1.29 is 22.4 Å². The fourth-order valence-electron chi connectivity index (χ4n) is 2.20. The van der Waals surface area contributed by atoms with Gasteiger partial charge in [-0.3, -0.25) is 9.59 Å². The van der Waals surface area contributed by atoms with Crippen LogP contribution in [0.25, 0.3) is 0 Å². The SMILES string of the molecule is CCC(Cl)(C(=O)Sn1ncc(C(F)(F)F)c(C)c1=O)c1ccc(F)cc1. The van der Waals surface area contributed by atoms with E-state index in [1.807, 2.05) is 0 Å². The molecule has 140 valence electrons. The topological polar surface area (TPSA) is 52.0 Å². The molecule has 1 atom stereocenters. The van der Waals surface area contributed by atoms with Crippen LogP contribution in [0.4, 0.5) is 17.6 Å². The summed E-state index contributed by atoms with van der Waals surface area (Å²) in [7, 11) is 0. The number of halogens is 5. The summed E-state index contributed by atoms with van der Waals surface area (Å²) in [5, 5.41) is 2.69. The number of aromatic nitrogens is 2. The average molecular weight is 409 g/mol. The highest BCUT2D eigenvalue weighted by Gasteiger charge is 2.39. The number of alkyl halides is 4. The smallest absolute Gasteiger partial charge is 0.283 e. The van der Waals surface area contributed by atoms with Crippen molar-refractivity contribution >= 4 is 28.7 Å². The molecule has 1 unspecified atom stereocenters. The van der Waals surface area contributed by atoms with Crippen molar-refractivity contribution in [2.24, 2.45) is 0 Å². The number of hydrogen-bond donors (Lipinski definition) is 0. The van der Waals surface area contributed by atoms with Crippen molar-refractivity contribution in [1.29, 1.82) is 0 Å². The molecule has 0 N–H and O–H groups in total. The summed E-state index contributed by atoms with van der Waals surface area (Å²) < 4.78 is 52.1. The molecule has 0 spiro atoms. The van der Waals surface area contributed by atoms with Gasteiger partial charge in [0.2, 0.25) is 5.12 Å². The number of carbonyl (C=O) groups is 1. The number of nitrogens with zero attached hydrogens (tertiary/aromatic N) is 2. The molecule has 1 heterocycles. The van der Waals surface area contributed by atoms with Crippen molar-refractivity contribution in [2.75, 3.05) is 0 Å². The van der Waals surface area contributed by atoms with Gasteiger partial charge >= 0.3 is 6.18 Å². The first kappa shape index (κ1) is 20.4. The molecule has 2 rings (SSSR count). The standard InChI is InChI=1S/C16H13ClF4N2O2S/c1-3-15(17,10-4-6-11(18)7-5-10)14(25)26-23-13(24)9(2)12(8-22-23)16(19,20)21/h4-8H,3H2,1-2H3. The van der Waals surface area contributed by atoms with E-state index in [4.69, 9.17) is 11.6 Å². The van der Waals surface area contributed by atoms with Crippen LogP contribution in [0, 0.1) is 12.7 Å². The molecule has 0 radical (unpaired) electrons. The summed E-state index contributed by atoms with van der Waals surface area (Å²) >= 11 is 6.68. The Hall–Kier alpha value is -1.87. The number of hydrogen-bond acceptors (Lipinski definition) is 4. The van der Waals surface area contributed by atoms with Gasteiger partial charge in [0.25, 0.3) is 5.56 Å². The van der Waals surface area contributed by atoms with Gasteiger partial charge in [-0.05, 0) is 31.0 Å². The summed E-state index contributed by atoms with van der Waals surface area (Å²) in [5.41, 5.74) is -2.51. The highest BCUT2D eigenvalue weighted by Crippen LogP contribution is 2.38. The first-order valence-corrected chi connectivity index (χ1v) is 8.49. The summed E-state index contributed by atoms with van der Waals surface area (Å²) in [6, 6.07) is 4.93. The maximum Gasteiger partial charge on any atom is 0.418 e. The van der Waals surface area contributed by atoms with Crippen LogP contribution in [0.15, 0.2) is 35.3 Å². The Labute approximate surface area is 155 Å². The van der Waals surface area contributed by atoms with Crippen LogP contribution in [-0.4, -0.2) is 14.3 Å². The van der Waals surface area contributed by atoms with Gasteiger partial charge < -0.3 is 0 Å². The van der Waals surface area contributed by atoms with Gasteiger partial charge in [-0.25, -0.2) is 4.39 Å². The third-order valence-electron chi connectivity index (χ3n) is 3.78. The van der Waals surface area contributed by atoms with Gasteiger partial charge in [-0.15, -0.1) is 11.6 Å². The van der Waals surface area contributed by atoms with Gasteiger partial charge in [0.15, 0.2) is 0 Å². The monoisotopic (exact) mass is 408 g/mol. The highest BCUT2D eigenvalue weighted by molar-refractivity contribution is 8.12. The largest absolute Gasteiger partial charge is 0.418 e. The fourth-order valence-corrected chi connectivity index (χ4v) is 3.31. The molecule has 0 fully saturated rings. The second kappa shape index (κ2) is 7.40. The predicted molar refractivity (Wildman–Crippen MR) is 90.5 cm³/mol. The van der Waals surface area contributed by atoms with Gasteiger partial charge in [-0.1, -0.05) is 19.1 Å². The zero-order valence-corrected chi connectivity index (χ0v) is 15.2. The minimum atomic E-state index is -4.72. The molecule has 2 aromatic rings. The second-order valence-corrected chi connectivity index (χ2v) is 6.94. The van der Waals surface area contributed by atoms with Crippen LogP contribution in [0.1, 0.15) is 30.0 Å². The summed E-state index contributed by atoms with van der Waals surface area (Å²) in [4.78, 5) is 23.1. The molecule has 1 aromatic heterocycles. The second-order valence-electron chi connectivity index (χ2n) is 5.40. The minimum absolute atomic E-state index is 0.111. The summed E-state index contributed by atoms with van der Waals surface area (Å²) in [6.45, 7) is 2.62. The minimum Gasteiger partial charge on any atom is -0.283 e. The predicted octanol–water partition coefficient (Wildman–Crippen LogP) is 4.28. The van der Waals surface area contributed by atoms with Crippen LogP contribution >= 0.6 is 23.5 Å². The molecule has 0 aliphatic rings. The van der Waals surface area contributed by atoms with Crippen molar-refractivity contribution in [1.82, 2.24) is 9.19 Å². The Bertz CT molecular complexity index is 883. The molecule has 0 saturated heterocycles. The molecular weight excluding hydrogens is 396 g/mol. The molecule has 26 heavy (non-hydrogen) atoms. The molecule has 1 aromatic carbocycles.